The number of aromatic nitrogens is 2. The third-order valence-electron chi connectivity index (χ3n) is 3.37. The van der Waals surface area contributed by atoms with Crippen LogP contribution in [0.25, 0.3) is 5.69 Å². The van der Waals surface area contributed by atoms with Gasteiger partial charge in [0.05, 0.1) is 5.69 Å². The second-order valence-electron chi connectivity index (χ2n) is 5.09. The highest BCUT2D eigenvalue weighted by molar-refractivity contribution is 5.41. The van der Waals surface area contributed by atoms with Crippen molar-refractivity contribution in [1.82, 2.24) is 9.78 Å². The van der Waals surface area contributed by atoms with Crippen molar-refractivity contribution in [2.24, 2.45) is 0 Å². The molecule has 0 saturated heterocycles. The smallest absolute Gasteiger partial charge is 0.203 e. The topological polar surface area (TPSA) is 60.9 Å². The highest BCUT2D eigenvalue weighted by atomic mass is 19.2. The Hall–Kier alpha value is -3.02. The molecule has 23 heavy (non-hydrogen) atoms. The summed E-state index contributed by atoms with van der Waals surface area (Å²) in [6.07, 6.45) is 1.71. The third-order valence-corrected chi connectivity index (χ3v) is 3.37. The summed E-state index contributed by atoms with van der Waals surface area (Å²) in [5, 5.41) is 4.21. The number of nitrogen functional groups attached to an aromatic ring is 1. The summed E-state index contributed by atoms with van der Waals surface area (Å²) < 4.78 is 27.7. The van der Waals surface area contributed by atoms with E-state index in [0.29, 0.717) is 23.5 Å². The van der Waals surface area contributed by atoms with Crippen molar-refractivity contribution in [3.63, 3.8) is 0 Å². The molecule has 0 aliphatic carbocycles. The lowest BCUT2D eigenvalue weighted by Gasteiger charge is -2.08. The number of hydrogen-bond donors (Lipinski definition) is 1. The van der Waals surface area contributed by atoms with Crippen LogP contribution in [0.15, 0.2) is 59.5 Å². The van der Waals surface area contributed by atoms with Crippen LogP contribution in [0.4, 0.5) is 14.5 Å². The highest BCUT2D eigenvalue weighted by Crippen LogP contribution is 2.13. The molecule has 2 aromatic carbocycles. The van der Waals surface area contributed by atoms with Crippen LogP contribution in [-0.4, -0.2) is 9.78 Å². The van der Waals surface area contributed by atoms with E-state index in [4.69, 9.17) is 5.73 Å². The van der Waals surface area contributed by atoms with Gasteiger partial charge < -0.3 is 5.73 Å². The molecule has 1 heterocycles. The van der Waals surface area contributed by atoms with Crippen LogP contribution in [0, 0.1) is 11.6 Å². The lowest BCUT2D eigenvalue weighted by molar-refractivity contribution is 0.507. The predicted molar refractivity (Wildman–Crippen MR) is 83.4 cm³/mol. The molecule has 0 atom stereocenters. The summed E-state index contributed by atoms with van der Waals surface area (Å²) in [4.78, 5) is 12.0. The fourth-order valence-corrected chi connectivity index (χ4v) is 2.24. The molecule has 0 aliphatic rings. The van der Waals surface area contributed by atoms with Gasteiger partial charge in [-0.05, 0) is 29.8 Å². The van der Waals surface area contributed by atoms with Gasteiger partial charge in [0, 0.05) is 30.4 Å². The number of nitrogens with two attached hydrogens (primary N) is 1. The second-order valence-corrected chi connectivity index (χ2v) is 5.09. The Balaban J connectivity index is 1.99. The summed E-state index contributed by atoms with van der Waals surface area (Å²) in [6.45, 7) is 0. The van der Waals surface area contributed by atoms with Crippen molar-refractivity contribution in [1.29, 1.82) is 0 Å². The van der Waals surface area contributed by atoms with E-state index in [2.05, 4.69) is 5.10 Å². The SMILES string of the molecule is Nc1cccc(Cc2nn(-c3ccc(F)c(F)c3)ccc2=O)c1. The molecule has 0 saturated carbocycles. The Morgan fingerprint density at radius 1 is 1.04 bits per heavy atom. The largest absolute Gasteiger partial charge is 0.399 e. The molecule has 1 aromatic heterocycles. The van der Waals surface area contributed by atoms with E-state index >= 15 is 0 Å². The van der Waals surface area contributed by atoms with Gasteiger partial charge in [-0.2, -0.15) is 5.10 Å². The zero-order chi connectivity index (χ0) is 16.4. The standard InChI is InChI=1S/C17H13F2N3O/c18-14-5-4-13(10-15(14)19)22-7-6-17(23)16(21-22)9-11-2-1-3-12(20)8-11/h1-8,10H,9,20H2. The van der Waals surface area contributed by atoms with Crippen molar-refractivity contribution < 1.29 is 8.78 Å². The Morgan fingerprint density at radius 3 is 2.61 bits per heavy atom. The summed E-state index contributed by atoms with van der Waals surface area (Å²) in [6, 6.07) is 11.9. The van der Waals surface area contributed by atoms with Gasteiger partial charge in [-0.25, -0.2) is 13.5 Å². The molecule has 2 N–H and O–H groups in total. The number of benzene rings is 2. The molecule has 0 bridgehead atoms. The first-order chi connectivity index (χ1) is 11.0. The quantitative estimate of drug-likeness (QED) is 0.756. The van der Waals surface area contributed by atoms with Crippen LogP contribution in [0.1, 0.15) is 11.3 Å². The Bertz CT molecular complexity index is 922. The number of rotatable bonds is 3. The van der Waals surface area contributed by atoms with Gasteiger partial charge in [0.2, 0.25) is 5.43 Å². The lowest BCUT2D eigenvalue weighted by atomic mass is 10.1. The molecule has 4 nitrogen and oxygen atoms in total. The zero-order valence-electron chi connectivity index (χ0n) is 12.0. The van der Waals surface area contributed by atoms with E-state index < -0.39 is 11.6 Å². The maximum atomic E-state index is 13.3. The summed E-state index contributed by atoms with van der Waals surface area (Å²) in [5.74, 6) is -1.91. The van der Waals surface area contributed by atoms with E-state index in [0.717, 1.165) is 17.7 Å². The van der Waals surface area contributed by atoms with Crippen LogP contribution in [0.3, 0.4) is 0 Å². The average Bonchev–Trinajstić information content (AvgIpc) is 2.52. The van der Waals surface area contributed by atoms with Gasteiger partial charge >= 0.3 is 0 Å². The molecule has 0 unspecified atom stereocenters. The van der Waals surface area contributed by atoms with E-state index in [1.165, 1.54) is 23.0 Å². The fourth-order valence-electron chi connectivity index (χ4n) is 2.24. The molecule has 0 fully saturated rings. The van der Waals surface area contributed by atoms with Crippen LogP contribution < -0.4 is 11.2 Å². The number of hydrogen-bond acceptors (Lipinski definition) is 3. The average molecular weight is 313 g/mol. The molecule has 3 rings (SSSR count). The monoisotopic (exact) mass is 313 g/mol. The maximum Gasteiger partial charge on any atom is 0.203 e. The van der Waals surface area contributed by atoms with Crippen molar-refractivity contribution >= 4 is 5.69 Å². The molecule has 0 spiro atoms. The zero-order valence-corrected chi connectivity index (χ0v) is 12.0. The van der Waals surface area contributed by atoms with E-state index in [9.17, 15) is 13.6 Å². The van der Waals surface area contributed by atoms with Gasteiger partial charge in [0.15, 0.2) is 11.6 Å². The van der Waals surface area contributed by atoms with Crippen LogP contribution >= 0.6 is 0 Å². The summed E-state index contributed by atoms with van der Waals surface area (Å²) in [7, 11) is 0. The Morgan fingerprint density at radius 2 is 1.87 bits per heavy atom. The van der Waals surface area contributed by atoms with E-state index in [-0.39, 0.29) is 5.43 Å². The van der Waals surface area contributed by atoms with E-state index in [1.807, 2.05) is 6.07 Å². The first-order valence-corrected chi connectivity index (χ1v) is 6.91. The highest BCUT2D eigenvalue weighted by Gasteiger charge is 2.08. The third kappa shape index (κ3) is 3.26. The van der Waals surface area contributed by atoms with Crippen molar-refractivity contribution in [2.45, 2.75) is 6.42 Å². The normalized spacial score (nSPS) is 10.7. The summed E-state index contributed by atoms with van der Waals surface area (Å²) >= 11 is 0. The Labute approximate surface area is 130 Å². The predicted octanol–water partition coefficient (Wildman–Crippen LogP) is 2.68. The molecule has 0 aliphatic heterocycles. The van der Waals surface area contributed by atoms with Crippen molar-refractivity contribution in [3.8, 4) is 5.69 Å². The van der Waals surface area contributed by atoms with Crippen LogP contribution in [0.2, 0.25) is 0 Å². The van der Waals surface area contributed by atoms with Crippen LogP contribution in [0.5, 0.6) is 0 Å². The van der Waals surface area contributed by atoms with E-state index in [1.54, 1.807) is 18.2 Å². The van der Waals surface area contributed by atoms with Gasteiger partial charge in [0.25, 0.3) is 0 Å². The number of nitrogens with zero attached hydrogens (tertiary/aromatic N) is 2. The molecule has 0 radical (unpaired) electrons. The number of halogens is 2. The minimum atomic E-state index is -0.972. The van der Waals surface area contributed by atoms with Crippen LogP contribution in [-0.2, 0) is 6.42 Å². The van der Waals surface area contributed by atoms with Gasteiger partial charge in [-0.15, -0.1) is 0 Å². The van der Waals surface area contributed by atoms with Gasteiger partial charge in [-0.3, -0.25) is 4.79 Å². The molecular weight excluding hydrogens is 300 g/mol. The first-order valence-electron chi connectivity index (χ1n) is 6.91. The molecule has 3 aromatic rings. The second kappa shape index (κ2) is 6.00. The number of anilines is 1. The maximum absolute atomic E-state index is 13.3. The van der Waals surface area contributed by atoms with Crippen molar-refractivity contribution in [2.75, 3.05) is 5.73 Å². The Kier molecular flexibility index (Phi) is 3.89. The minimum Gasteiger partial charge on any atom is -0.399 e. The van der Waals surface area contributed by atoms with Gasteiger partial charge in [-0.1, -0.05) is 12.1 Å². The van der Waals surface area contributed by atoms with Gasteiger partial charge in [0.1, 0.15) is 5.69 Å². The molecule has 0 amide bonds. The first kappa shape index (κ1) is 14.9. The summed E-state index contributed by atoms with van der Waals surface area (Å²) in [5.41, 5.74) is 7.56. The molecular formula is C17H13F2N3O. The fraction of sp³-hybridized carbons (Fsp3) is 0.0588. The minimum absolute atomic E-state index is 0.230. The molecule has 6 heteroatoms. The molecule has 116 valence electrons. The van der Waals surface area contributed by atoms with Crippen molar-refractivity contribution in [3.05, 3.63) is 87.8 Å². The lowest BCUT2D eigenvalue weighted by Crippen LogP contribution is -2.16.